The number of nitrogens with two attached hydrogens (primary N) is 1. The summed E-state index contributed by atoms with van der Waals surface area (Å²) in [5.74, 6) is 1.89. The van der Waals surface area contributed by atoms with Crippen LogP contribution < -0.4 is 10.6 Å². The van der Waals surface area contributed by atoms with Crippen molar-refractivity contribution in [1.82, 2.24) is 4.98 Å². The Labute approximate surface area is 97.7 Å². The molecule has 0 saturated heterocycles. The van der Waals surface area contributed by atoms with Crippen molar-refractivity contribution in [2.75, 3.05) is 23.7 Å². The quantitative estimate of drug-likeness (QED) is 0.846. The Morgan fingerprint density at radius 3 is 2.75 bits per heavy atom. The zero-order valence-corrected chi connectivity index (χ0v) is 10.2. The van der Waals surface area contributed by atoms with Gasteiger partial charge < -0.3 is 10.6 Å². The van der Waals surface area contributed by atoms with E-state index in [1.54, 1.807) is 0 Å². The van der Waals surface area contributed by atoms with Crippen LogP contribution in [0, 0.1) is 12.8 Å². The minimum Gasteiger partial charge on any atom is -0.398 e. The molecule has 88 valence electrons. The third kappa shape index (κ3) is 2.29. The van der Waals surface area contributed by atoms with Crippen molar-refractivity contribution >= 4 is 11.5 Å². The first-order valence-electron chi connectivity index (χ1n) is 6.17. The zero-order valence-electron chi connectivity index (χ0n) is 10.2. The summed E-state index contributed by atoms with van der Waals surface area (Å²) in [4.78, 5) is 6.80. The average molecular weight is 219 g/mol. The maximum atomic E-state index is 5.92. The number of aromatic nitrogens is 1. The van der Waals surface area contributed by atoms with Crippen molar-refractivity contribution < 1.29 is 0 Å². The van der Waals surface area contributed by atoms with Gasteiger partial charge in [-0.25, -0.2) is 4.98 Å². The highest BCUT2D eigenvalue weighted by Gasteiger charge is 2.20. The zero-order chi connectivity index (χ0) is 11.5. The fourth-order valence-electron chi connectivity index (χ4n) is 2.07. The van der Waals surface area contributed by atoms with Gasteiger partial charge in [0.05, 0.1) is 0 Å². The molecule has 0 atom stereocenters. The van der Waals surface area contributed by atoms with Crippen LogP contribution in [-0.4, -0.2) is 18.1 Å². The maximum absolute atomic E-state index is 5.92. The van der Waals surface area contributed by atoms with Crippen LogP contribution in [0.15, 0.2) is 12.3 Å². The molecule has 0 bridgehead atoms. The highest BCUT2D eigenvalue weighted by molar-refractivity contribution is 5.54. The summed E-state index contributed by atoms with van der Waals surface area (Å²) in [5, 5.41) is 0. The Balaban J connectivity index is 2.09. The molecular weight excluding hydrogens is 198 g/mol. The first-order valence-corrected chi connectivity index (χ1v) is 6.17. The number of pyridine rings is 1. The van der Waals surface area contributed by atoms with Crippen molar-refractivity contribution in [2.24, 2.45) is 5.92 Å². The first kappa shape index (κ1) is 11.2. The van der Waals surface area contributed by atoms with Gasteiger partial charge in [-0.05, 0) is 38.2 Å². The summed E-state index contributed by atoms with van der Waals surface area (Å²) in [7, 11) is 0. The molecule has 0 aromatic carbocycles. The molecule has 0 spiro atoms. The SMILES string of the molecule is CCN(CC1CCC1)c1cc(N)c(C)cn1. The van der Waals surface area contributed by atoms with Gasteiger partial charge in [0.2, 0.25) is 0 Å². The fourth-order valence-corrected chi connectivity index (χ4v) is 2.07. The van der Waals surface area contributed by atoms with Crippen LogP contribution in [0.1, 0.15) is 31.7 Å². The molecule has 16 heavy (non-hydrogen) atoms. The third-order valence-corrected chi connectivity index (χ3v) is 3.54. The lowest BCUT2D eigenvalue weighted by Crippen LogP contribution is -2.33. The second kappa shape index (κ2) is 4.73. The number of aryl methyl sites for hydroxylation is 1. The van der Waals surface area contributed by atoms with Crippen LogP contribution in [0.4, 0.5) is 11.5 Å². The summed E-state index contributed by atoms with van der Waals surface area (Å²) in [6, 6.07) is 2.00. The van der Waals surface area contributed by atoms with Gasteiger partial charge in [-0.3, -0.25) is 0 Å². The lowest BCUT2D eigenvalue weighted by Gasteiger charge is -2.32. The van der Waals surface area contributed by atoms with Crippen LogP contribution in [-0.2, 0) is 0 Å². The van der Waals surface area contributed by atoms with Gasteiger partial charge in [-0.15, -0.1) is 0 Å². The average Bonchev–Trinajstić information content (AvgIpc) is 2.21. The molecule has 0 amide bonds. The topological polar surface area (TPSA) is 42.1 Å². The predicted molar refractivity (Wildman–Crippen MR) is 68.6 cm³/mol. The van der Waals surface area contributed by atoms with E-state index in [2.05, 4.69) is 16.8 Å². The number of hydrogen-bond acceptors (Lipinski definition) is 3. The monoisotopic (exact) mass is 219 g/mol. The Morgan fingerprint density at radius 1 is 1.50 bits per heavy atom. The molecule has 1 aromatic heterocycles. The van der Waals surface area contributed by atoms with Gasteiger partial charge in [0.1, 0.15) is 5.82 Å². The van der Waals surface area contributed by atoms with Crippen molar-refractivity contribution in [2.45, 2.75) is 33.1 Å². The first-order chi connectivity index (χ1) is 7.70. The number of nitrogen functional groups attached to an aromatic ring is 1. The molecular formula is C13H21N3. The molecule has 1 aliphatic rings. The number of nitrogens with zero attached hydrogens (tertiary/aromatic N) is 2. The van der Waals surface area contributed by atoms with Crippen LogP contribution >= 0.6 is 0 Å². The summed E-state index contributed by atoms with van der Waals surface area (Å²) in [5.41, 5.74) is 7.83. The van der Waals surface area contributed by atoms with E-state index in [0.717, 1.165) is 36.1 Å². The van der Waals surface area contributed by atoms with Gasteiger partial charge in [-0.1, -0.05) is 6.42 Å². The van der Waals surface area contributed by atoms with E-state index in [0.29, 0.717) is 0 Å². The van der Waals surface area contributed by atoms with Crippen molar-refractivity contribution in [1.29, 1.82) is 0 Å². The molecule has 1 aliphatic carbocycles. The lowest BCUT2D eigenvalue weighted by molar-refractivity contribution is 0.318. The molecule has 2 rings (SSSR count). The highest BCUT2D eigenvalue weighted by Crippen LogP contribution is 2.28. The fraction of sp³-hybridized carbons (Fsp3) is 0.615. The maximum Gasteiger partial charge on any atom is 0.130 e. The van der Waals surface area contributed by atoms with E-state index >= 15 is 0 Å². The number of hydrogen-bond donors (Lipinski definition) is 1. The second-order valence-corrected chi connectivity index (χ2v) is 4.73. The predicted octanol–water partition coefficient (Wildman–Crippen LogP) is 2.60. The van der Waals surface area contributed by atoms with E-state index in [9.17, 15) is 0 Å². The summed E-state index contributed by atoms with van der Waals surface area (Å²) < 4.78 is 0. The molecule has 2 N–H and O–H groups in total. The minimum atomic E-state index is 0.844. The molecule has 1 saturated carbocycles. The third-order valence-electron chi connectivity index (χ3n) is 3.54. The van der Waals surface area contributed by atoms with Crippen LogP contribution in [0.5, 0.6) is 0 Å². The van der Waals surface area contributed by atoms with Crippen molar-refractivity contribution in [3.63, 3.8) is 0 Å². The molecule has 1 heterocycles. The number of anilines is 2. The van der Waals surface area contributed by atoms with Crippen LogP contribution in [0.25, 0.3) is 0 Å². The van der Waals surface area contributed by atoms with Crippen LogP contribution in [0.3, 0.4) is 0 Å². The smallest absolute Gasteiger partial charge is 0.130 e. The summed E-state index contributed by atoms with van der Waals surface area (Å²) in [6.45, 7) is 6.31. The van der Waals surface area contributed by atoms with Gasteiger partial charge in [0.15, 0.2) is 0 Å². The standard InChI is InChI=1S/C13H21N3/c1-3-16(9-11-5-4-6-11)13-7-12(14)10(2)8-15-13/h7-8,11H,3-6,9H2,1-2H3,(H2,14,15). The van der Waals surface area contributed by atoms with Gasteiger partial charge in [0.25, 0.3) is 0 Å². The van der Waals surface area contributed by atoms with Gasteiger partial charge in [0, 0.05) is 31.0 Å². The molecule has 0 unspecified atom stereocenters. The van der Waals surface area contributed by atoms with E-state index in [1.807, 2.05) is 19.2 Å². The largest absolute Gasteiger partial charge is 0.398 e. The van der Waals surface area contributed by atoms with E-state index in [-0.39, 0.29) is 0 Å². The Hall–Kier alpha value is -1.25. The van der Waals surface area contributed by atoms with E-state index in [1.165, 1.54) is 19.3 Å². The number of rotatable bonds is 4. The molecule has 3 nitrogen and oxygen atoms in total. The molecule has 0 radical (unpaired) electrons. The van der Waals surface area contributed by atoms with Gasteiger partial charge in [-0.2, -0.15) is 0 Å². The molecule has 1 aromatic rings. The molecule has 3 heteroatoms. The summed E-state index contributed by atoms with van der Waals surface area (Å²) in [6.07, 6.45) is 6.01. The van der Waals surface area contributed by atoms with E-state index in [4.69, 9.17) is 5.73 Å². The Kier molecular flexibility index (Phi) is 3.32. The lowest BCUT2D eigenvalue weighted by atomic mass is 9.85. The minimum absolute atomic E-state index is 0.844. The Morgan fingerprint density at radius 2 is 2.25 bits per heavy atom. The second-order valence-electron chi connectivity index (χ2n) is 4.73. The summed E-state index contributed by atoms with van der Waals surface area (Å²) >= 11 is 0. The normalized spacial score (nSPS) is 15.9. The highest BCUT2D eigenvalue weighted by atomic mass is 15.2. The van der Waals surface area contributed by atoms with Gasteiger partial charge >= 0.3 is 0 Å². The van der Waals surface area contributed by atoms with E-state index < -0.39 is 0 Å². The van der Waals surface area contributed by atoms with Crippen molar-refractivity contribution in [3.8, 4) is 0 Å². The Bertz CT molecular complexity index is 358. The van der Waals surface area contributed by atoms with Crippen molar-refractivity contribution in [3.05, 3.63) is 17.8 Å². The van der Waals surface area contributed by atoms with Crippen LogP contribution in [0.2, 0.25) is 0 Å². The molecule has 1 fully saturated rings. The molecule has 0 aliphatic heterocycles.